The number of hydrogen-bond acceptors (Lipinski definition) is 5. The largest absolute Gasteiger partial charge is 0.573 e. The van der Waals surface area contributed by atoms with Crippen LogP contribution in [0.15, 0.2) is 42.7 Å². The van der Waals surface area contributed by atoms with Gasteiger partial charge in [-0.25, -0.2) is 9.97 Å². The van der Waals surface area contributed by atoms with E-state index in [0.29, 0.717) is 18.9 Å². The quantitative estimate of drug-likeness (QED) is 0.864. The van der Waals surface area contributed by atoms with E-state index < -0.39 is 6.36 Å². The van der Waals surface area contributed by atoms with Crippen LogP contribution < -0.4 is 15.0 Å². The number of benzene rings is 1. The second kappa shape index (κ2) is 8.24. The molecule has 1 fully saturated rings. The summed E-state index contributed by atoms with van der Waals surface area (Å²) in [6.07, 6.45) is 0.0207. The van der Waals surface area contributed by atoms with E-state index in [9.17, 15) is 18.0 Å². The summed E-state index contributed by atoms with van der Waals surface area (Å²) in [5, 5.41) is 2.71. The SMILES string of the molecule is O=C(NCc1ccccc1OC(F)(F)F)C1CCCN(c2ncccn2)C1. The lowest BCUT2D eigenvalue weighted by atomic mass is 9.97. The first kappa shape index (κ1) is 18.9. The van der Waals surface area contributed by atoms with E-state index in [1.54, 1.807) is 24.5 Å². The molecule has 1 saturated heterocycles. The molecule has 0 aliphatic carbocycles. The van der Waals surface area contributed by atoms with E-state index in [0.717, 1.165) is 13.0 Å². The fourth-order valence-electron chi connectivity index (χ4n) is 3.03. The van der Waals surface area contributed by atoms with Crippen LogP contribution in [-0.4, -0.2) is 35.3 Å². The fourth-order valence-corrected chi connectivity index (χ4v) is 3.03. The second-order valence-electron chi connectivity index (χ2n) is 6.21. The van der Waals surface area contributed by atoms with Crippen molar-refractivity contribution in [3.8, 4) is 5.75 Å². The van der Waals surface area contributed by atoms with Gasteiger partial charge < -0.3 is 15.0 Å². The van der Waals surface area contributed by atoms with Gasteiger partial charge in [-0.3, -0.25) is 4.79 Å². The number of piperidine rings is 1. The van der Waals surface area contributed by atoms with Crippen molar-refractivity contribution < 1.29 is 22.7 Å². The standard InChI is InChI=1S/C18H19F3N4O2/c19-18(20,21)27-15-7-2-1-5-13(15)11-24-16(26)14-6-3-10-25(12-14)17-22-8-4-9-23-17/h1-2,4-5,7-9,14H,3,6,10-12H2,(H,24,26). The van der Waals surface area contributed by atoms with Crippen molar-refractivity contribution in [1.29, 1.82) is 0 Å². The van der Waals surface area contributed by atoms with Gasteiger partial charge in [0.2, 0.25) is 11.9 Å². The van der Waals surface area contributed by atoms with Crippen LogP contribution in [0.2, 0.25) is 0 Å². The Bertz CT molecular complexity index is 771. The normalized spacial score (nSPS) is 17.4. The Morgan fingerprint density at radius 3 is 2.70 bits per heavy atom. The Kier molecular flexibility index (Phi) is 5.78. The summed E-state index contributed by atoms with van der Waals surface area (Å²) in [6, 6.07) is 7.49. The summed E-state index contributed by atoms with van der Waals surface area (Å²) in [5.74, 6) is -0.233. The summed E-state index contributed by atoms with van der Waals surface area (Å²) in [7, 11) is 0. The van der Waals surface area contributed by atoms with Crippen LogP contribution in [0.4, 0.5) is 19.1 Å². The van der Waals surface area contributed by atoms with Gasteiger partial charge in [-0.1, -0.05) is 18.2 Å². The topological polar surface area (TPSA) is 67.3 Å². The molecule has 1 aromatic carbocycles. The first-order valence-corrected chi connectivity index (χ1v) is 8.56. The van der Waals surface area contributed by atoms with E-state index >= 15 is 0 Å². The van der Waals surface area contributed by atoms with Gasteiger partial charge in [-0.2, -0.15) is 0 Å². The van der Waals surface area contributed by atoms with Crippen molar-refractivity contribution in [3.63, 3.8) is 0 Å². The molecule has 1 atom stereocenters. The highest BCUT2D eigenvalue weighted by Gasteiger charge is 2.32. The molecule has 3 rings (SSSR count). The van der Waals surface area contributed by atoms with Gasteiger partial charge in [0.15, 0.2) is 0 Å². The van der Waals surface area contributed by atoms with Crippen molar-refractivity contribution in [3.05, 3.63) is 48.3 Å². The predicted molar refractivity (Wildman–Crippen MR) is 91.9 cm³/mol. The number of nitrogens with one attached hydrogen (secondary N) is 1. The minimum Gasteiger partial charge on any atom is -0.405 e. The van der Waals surface area contributed by atoms with Crippen molar-refractivity contribution in [2.24, 2.45) is 5.92 Å². The first-order chi connectivity index (χ1) is 12.9. The molecule has 1 amide bonds. The van der Waals surface area contributed by atoms with E-state index in [1.165, 1.54) is 18.2 Å². The minimum atomic E-state index is -4.78. The van der Waals surface area contributed by atoms with Gasteiger partial charge in [0.05, 0.1) is 5.92 Å². The maximum Gasteiger partial charge on any atom is 0.573 e. The monoisotopic (exact) mass is 380 g/mol. The van der Waals surface area contributed by atoms with Crippen LogP contribution in [0.25, 0.3) is 0 Å². The molecule has 0 bridgehead atoms. The van der Waals surface area contributed by atoms with Crippen molar-refractivity contribution in [2.75, 3.05) is 18.0 Å². The van der Waals surface area contributed by atoms with Gasteiger partial charge in [-0.15, -0.1) is 13.2 Å². The number of ether oxygens (including phenoxy) is 1. The molecule has 1 aliphatic heterocycles. The van der Waals surface area contributed by atoms with Gasteiger partial charge in [0.1, 0.15) is 5.75 Å². The highest BCUT2D eigenvalue weighted by Crippen LogP contribution is 2.26. The summed E-state index contributed by atoms with van der Waals surface area (Å²) in [5.41, 5.74) is 0.266. The average Bonchev–Trinajstić information content (AvgIpc) is 2.67. The lowest BCUT2D eigenvalue weighted by Gasteiger charge is -2.31. The van der Waals surface area contributed by atoms with E-state index in [2.05, 4.69) is 20.0 Å². The van der Waals surface area contributed by atoms with Crippen LogP contribution in [-0.2, 0) is 11.3 Å². The van der Waals surface area contributed by atoms with E-state index in [-0.39, 0.29) is 29.7 Å². The van der Waals surface area contributed by atoms with Gasteiger partial charge in [0.25, 0.3) is 0 Å². The molecule has 144 valence electrons. The van der Waals surface area contributed by atoms with Crippen LogP contribution >= 0.6 is 0 Å². The number of halogens is 3. The lowest BCUT2D eigenvalue weighted by Crippen LogP contribution is -2.43. The van der Waals surface area contributed by atoms with Gasteiger partial charge in [-0.05, 0) is 25.0 Å². The number of aromatic nitrogens is 2. The highest BCUT2D eigenvalue weighted by atomic mass is 19.4. The fraction of sp³-hybridized carbons (Fsp3) is 0.389. The predicted octanol–water partition coefficient (Wildman–Crippen LogP) is 2.91. The number of carbonyl (C=O) groups excluding carboxylic acids is 1. The van der Waals surface area contributed by atoms with Gasteiger partial charge >= 0.3 is 6.36 Å². The molecule has 2 heterocycles. The number of rotatable bonds is 5. The van der Waals surface area contributed by atoms with Crippen LogP contribution in [0, 0.1) is 5.92 Å². The third kappa shape index (κ3) is 5.32. The second-order valence-corrected chi connectivity index (χ2v) is 6.21. The molecular formula is C18H19F3N4O2. The zero-order valence-corrected chi connectivity index (χ0v) is 14.4. The number of amides is 1. The third-order valence-corrected chi connectivity index (χ3v) is 4.28. The van der Waals surface area contributed by atoms with Gasteiger partial charge in [0, 0.05) is 37.6 Å². The van der Waals surface area contributed by atoms with Crippen LogP contribution in [0.1, 0.15) is 18.4 Å². The van der Waals surface area contributed by atoms with Crippen LogP contribution in [0.3, 0.4) is 0 Å². The lowest BCUT2D eigenvalue weighted by molar-refractivity contribution is -0.274. The summed E-state index contributed by atoms with van der Waals surface area (Å²) >= 11 is 0. The Hall–Kier alpha value is -2.84. The summed E-state index contributed by atoms with van der Waals surface area (Å²) in [4.78, 5) is 22.8. The highest BCUT2D eigenvalue weighted by molar-refractivity contribution is 5.79. The van der Waals surface area contributed by atoms with Crippen molar-refractivity contribution in [1.82, 2.24) is 15.3 Å². The molecule has 1 aromatic heterocycles. The summed E-state index contributed by atoms with van der Waals surface area (Å²) in [6.45, 7) is 1.19. The molecule has 27 heavy (non-hydrogen) atoms. The molecule has 1 aliphatic rings. The number of anilines is 1. The molecule has 9 heteroatoms. The Labute approximate surface area is 154 Å². The van der Waals surface area contributed by atoms with E-state index in [1.807, 2.05) is 4.90 Å². The smallest absolute Gasteiger partial charge is 0.405 e. The molecule has 6 nitrogen and oxygen atoms in total. The minimum absolute atomic E-state index is 0.0383. The number of carbonyl (C=O) groups is 1. The first-order valence-electron chi connectivity index (χ1n) is 8.56. The van der Waals surface area contributed by atoms with Crippen molar-refractivity contribution >= 4 is 11.9 Å². The third-order valence-electron chi connectivity index (χ3n) is 4.28. The van der Waals surface area contributed by atoms with Crippen LogP contribution in [0.5, 0.6) is 5.75 Å². The molecule has 0 saturated carbocycles. The molecule has 1 unspecified atom stereocenters. The Morgan fingerprint density at radius 2 is 1.96 bits per heavy atom. The molecule has 2 aromatic rings. The maximum absolute atomic E-state index is 12.5. The zero-order valence-electron chi connectivity index (χ0n) is 14.4. The molecule has 0 spiro atoms. The molecule has 0 radical (unpaired) electrons. The number of para-hydroxylation sites is 1. The molecular weight excluding hydrogens is 361 g/mol. The Morgan fingerprint density at radius 1 is 1.22 bits per heavy atom. The zero-order chi connectivity index (χ0) is 19.3. The average molecular weight is 380 g/mol. The van der Waals surface area contributed by atoms with E-state index in [4.69, 9.17) is 0 Å². The summed E-state index contributed by atoms with van der Waals surface area (Å²) < 4.78 is 41.5. The molecule has 1 N–H and O–H groups in total. The van der Waals surface area contributed by atoms with Crippen molar-refractivity contribution in [2.45, 2.75) is 25.7 Å². The maximum atomic E-state index is 12.5. The number of hydrogen-bond donors (Lipinski definition) is 1. The number of alkyl halides is 3. The number of nitrogens with zero attached hydrogens (tertiary/aromatic N) is 3. The Balaban J connectivity index is 1.60.